The third kappa shape index (κ3) is 2.68. The molecule has 0 saturated carbocycles. The molecule has 2 aromatic rings. The molecule has 0 aliphatic carbocycles. The number of methoxy groups -OCH3 is 1. The summed E-state index contributed by atoms with van der Waals surface area (Å²) in [7, 11) is 1.68. The predicted octanol–water partition coefficient (Wildman–Crippen LogP) is 2.24. The number of aromatic nitrogens is 2. The highest BCUT2D eigenvalue weighted by atomic mass is 16.6. The number of ether oxygens (including phenoxy) is 1. The van der Waals surface area contributed by atoms with Gasteiger partial charge in [0.2, 0.25) is 0 Å². The number of rotatable bonds is 5. The first-order valence-electron chi connectivity index (χ1n) is 5.86. The highest BCUT2D eigenvalue weighted by molar-refractivity contribution is 5.35. The highest BCUT2D eigenvalue weighted by Gasteiger charge is 2.12. The van der Waals surface area contributed by atoms with E-state index in [-0.39, 0.29) is 6.04 Å². The fraction of sp³-hybridized carbons (Fsp3) is 0.385. The molecule has 18 heavy (non-hydrogen) atoms. The van der Waals surface area contributed by atoms with Gasteiger partial charge in [-0.15, -0.1) is 0 Å². The summed E-state index contributed by atoms with van der Waals surface area (Å²) in [5, 5.41) is 11.0. The Kier molecular flexibility index (Phi) is 3.94. The number of para-hydroxylation sites is 1. The van der Waals surface area contributed by atoms with Gasteiger partial charge >= 0.3 is 0 Å². The fourth-order valence-corrected chi connectivity index (χ4v) is 1.79. The zero-order valence-electron chi connectivity index (χ0n) is 10.8. The molecule has 0 unspecified atom stereocenters. The maximum atomic E-state index is 5.34. The number of benzene rings is 1. The Morgan fingerprint density at radius 3 is 2.78 bits per heavy atom. The summed E-state index contributed by atoms with van der Waals surface area (Å²) in [5.41, 5.74) is 2.76. The number of aryl methyl sites for hydroxylation is 1. The molecule has 0 aliphatic rings. The molecule has 5 nitrogen and oxygen atoms in total. The van der Waals surface area contributed by atoms with Crippen LogP contribution < -0.4 is 10.1 Å². The van der Waals surface area contributed by atoms with Crippen molar-refractivity contribution in [2.24, 2.45) is 0 Å². The number of nitrogens with one attached hydrogen (secondary N) is 1. The van der Waals surface area contributed by atoms with Crippen molar-refractivity contribution in [2.45, 2.75) is 26.4 Å². The second-order valence-electron chi connectivity index (χ2n) is 4.14. The molecule has 0 saturated heterocycles. The van der Waals surface area contributed by atoms with E-state index in [0.717, 1.165) is 22.7 Å². The van der Waals surface area contributed by atoms with Crippen molar-refractivity contribution in [1.82, 2.24) is 15.6 Å². The topological polar surface area (TPSA) is 60.2 Å². The first-order valence-corrected chi connectivity index (χ1v) is 5.86. The number of hydrogen-bond acceptors (Lipinski definition) is 5. The first kappa shape index (κ1) is 12.6. The van der Waals surface area contributed by atoms with Crippen LogP contribution in [-0.4, -0.2) is 17.4 Å². The molecule has 0 fully saturated rings. The van der Waals surface area contributed by atoms with Crippen LogP contribution in [0.25, 0.3) is 0 Å². The molecule has 1 N–H and O–H groups in total. The van der Waals surface area contributed by atoms with Crippen molar-refractivity contribution in [3.05, 3.63) is 41.2 Å². The smallest absolute Gasteiger partial charge is 0.123 e. The lowest BCUT2D eigenvalue weighted by molar-refractivity contribution is 0.299. The molecule has 0 spiro atoms. The van der Waals surface area contributed by atoms with Gasteiger partial charge in [-0.3, -0.25) is 0 Å². The Bertz CT molecular complexity index is 510. The van der Waals surface area contributed by atoms with Crippen molar-refractivity contribution in [3.63, 3.8) is 0 Å². The zero-order chi connectivity index (χ0) is 13.0. The minimum atomic E-state index is 0.164. The van der Waals surface area contributed by atoms with Crippen LogP contribution >= 0.6 is 0 Å². The molecule has 96 valence electrons. The molecule has 1 heterocycles. The average molecular weight is 247 g/mol. The standard InChI is InChI=1S/C13H17N3O2/c1-9(11-6-4-5-7-13(11)17-3)14-8-12-10(2)15-18-16-12/h4-7,9,14H,8H2,1-3H3/t9-/m0/s1. The van der Waals surface area contributed by atoms with Gasteiger partial charge in [0.05, 0.1) is 7.11 Å². The van der Waals surface area contributed by atoms with E-state index in [1.165, 1.54) is 0 Å². The third-order valence-corrected chi connectivity index (χ3v) is 2.93. The summed E-state index contributed by atoms with van der Waals surface area (Å²) in [6.45, 7) is 4.58. The monoisotopic (exact) mass is 247 g/mol. The largest absolute Gasteiger partial charge is 0.496 e. The van der Waals surface area contributed by atoms with Crippen LogP contribution in [0.3, 0.4) is 0 Å². The molecule has 1 aromatic carbocycles. The quantitative estimate of drug-likeness (QED) is 0.878. The lowest BCUT2D eigenvalue weighted by atomic mass is 10.1. The summed E-state index contributed by atoms with van der Waals surface area (Å²) in [6.07, 6.45) is 0. The Balaban J connectivity index is 2.03. The van der Waals surface area contributed by atoms with Gasteiger partial charge in [-0.05, 0) is 19.9 Å². The number of hydrogen-bond donors (Lipinski definition) is 1. The lowest BCUT2D eigenvalue weighted by Gasteiger charge is -2.16. The second-order valence-corrected chi connectivity index (χ2v) is 4.14. The molecular formula is C13H17N3O2. The van der Waals surface area contributed by atoms with Gasteiger partial charge in [0.15, 0.2) is 0 Å². The first-order chi connectivity index (χ1) is 8.72. The Labute approximate surface area is 106 Å². The van der Waals surface area contributed by atoms with Crippen LogP contribution in [0, 0.1) is 6.92 Å². The maximum absolute atomic E-state index is 5.34. The van der Waals surface area contributed by atoms with Gasteiger partial charge in [0.25, 0.3) is 0 Å². The summed E-state index contributed by atoms with van der Waals surface area (Å²) >= 11 is 0. The summed E-state index contributed by atoms with van der Waals surface area (Å²) in [6, 6.07) is 8.12. The van der Waals surface area contributed by atoms with Crippen LogP contribution in [0.1, 0.15) is 29.9 Å². The fourth-order valence-electron chi connectivity index (χ4n) is 1.79. The second kappa shape index (κ2) is 5.64. The van der Waals surface area contributed by atoms with E-state index in [1.807, 2.05) is 31.2 Å². The van der Waals surface area contributed by atoms with Gasteiger partial charge in [0.1, 0.15) is 17.1 Å². The molecule has 2 rings (SSSR count). The van der Waals surface area contributed by atoms with Crippen LogP contribution in [0.5, 0.6) is 5.75 Å². The number of nitrogens with zero attached hydrogens (tertiary/aromatic N) is 2. The van der Waals surface area contributed by atoms with Crippen LogP contribution in [0.2, 0.25) is 0 Å². The maximum Gasteiger partial charge on any atom is 0.123 e. The van der Waals surface area contributed by atoms with Gasteiger partial charge in [-0.25, -0.2) is 4.63 Å². The summed E-state index contributed by atoms with van der Waals surface area (Å²) < 4.78 is 10.0. The van der Waals surface area contributed by atoms with Gasteiger partial charge in [0, 0.05) is 18.2 Å². The van der Waals surface area contributed by atoms with E-state index < -0.39 is 0 Å². The lowest BCUT2D eigenvalue weighted by Crippen LogP contribution is -2.19. The normalized spacial score (nSPS) is 12.4. The van der Waals surface area contributed by atoms with Crippen molar-refractivity contribution in [3.8, 4) is 5.75 Å². The van der Waals surface area contributed by atoms with Crippen LogP contribution in [0.4, 0.5) is 0 Å². The zero-order valence-corrected chi connectivity index (χ0v) is 10.8. The predicted molar refractivity (Wildman–Crippen MR) is 67.3 cm³/mol. The minimum absolute atomic E-state index is 0.164. The molecule has 0 radical (unpaired) electrons. The van der Waals surface area contributed by atoms with Crippen molar-refractivity contribution >= 4 is 0 Å². The van der Waals surface area contributed by atoms with E-state index in [0.29, 0.717) is 6.54 Å². The minimum Gasteiger partial charge on any atom is -0.496 e. The van der Waals surface area contributed by atoms with E-state index >= 15 is 0 Å². The Morgan fingerprint density at radius 2 is 2.11 bits per heavy atom. The van der Waals surface area contributed by atoms with Crippen molar-refractivity contribution in [2.75, 3.05) is 7.11 Å². The van der Waals surface area contributed by atoms with E-state index in [9.17, 15) is 0 Å². The summed E-state index contributed by atoms with van der Waals surface area (Å²) in [4.78, 5) is 0. The third-order valence-electron chi connectivity index (χ3n) is 2.93. The van der Waals surface area contributed by atoms with Gasteiger partial charge < -0.3 is 10.1 Å². The summed E-state index contributed by atoms with van der Waals surface area (Å²) in [5.74, 6) is 0.882. The van der Waals surface area contributed by atoms with Gasteiger partial charge in [-0.1, -0.05) is 28.5 Å². The molecule has 1 aromatic heterocycles. The van der Waals surface area contributed by atoms with Crippen molar-refractivity contribution < 1.29 is 9.37 Å². The van der Waals surface area contributed by atoms with E-state index in [2.05, 4.69) is 27.2 Å². The average Bonchev–Trinajstić information content (AvgIpc) is 2.81. The van der Waals surface area contributed by atoms with Crippen molar-refractivity contribution in [1.29, 1.82) is 0 Å². The Hall–Kier alpha value is -1.88. The molecule has 0 aliphatic heterocycles. The van der Waals surface area contributed by atoms with Crippen LogP contribution in [-0.2, 0) is 6.54 Å². The molecule has 0 amide bonds. The SMILES string of the molecule is COc1ccccc1[C@H](C)NCc1nonc1C. The van der Waals surface area contributed by atoms with E-state index in [1.54, 1.807) is 7.11 Å². The molecular weight excluding hydrogens is 230 g/mol. The van der Waals surface area contributed by atoms with Gasteiger partial charge in [-0.2, -0.15) is 0 Å². The molecule has 1 atom stereocenters. The van der Waals surface area contributed by atoms with E-state index in [4.69, 9.17) is 4.74 Å². The Morgan fingerprint density at radius 1 is 1.33 bits per heavy atom. The van der Waals surface area contributed by atoms with Crippen LogP contribution in [0.15, 0.2) is 28.9 Å². The highest BCUT2D eigenvalue weighted by Crippen LogP contribution is 2.24. The molecule has 5 heteroatoms. The molecule has 0 bridgehead atoms.